The van der Waals surface area contributed by atoms with E-state index in [9.17, 15) is 9.59 Å². The smallest absolute Gasteiger partial charge is 0.267 e. The second-order valence-corrected chi connectivity index (χ2v) is 10.1. The van der Waals surface area contributed by atoms with Gasteiger partial charge in [0.2, 0.25) is 0 Å². The highest BCUT2D eigenvalue weighted by atomic mass is 32.1. The van der Waals surface area contributed by atoms with Crippen LogP contribution >= 0.6 is 11.3 Å². The molecule has 0 aliphatic rings. The average molecular weight is 402 g/mol. The number of thiophene rings is 1. The third-order valence-corrected chi connectivity index (χ3v) is 5.77. The summed E-state index contributed by atoms with van der Waals surface area (Å²) >= 11 is 1.23. The fraction of sp³-hybridized carbons (Fsp3) is 0.500. The number of fused-ring (bicyclic) bond motifs is 1. The number of hydrogen-bond donors (Lipinski definition) is 1. The van der Waals surface area contributed by atoms with E-state index in [0.29, 0.717) is 26.5 Å². The van der Waals surface area contributed by atoms with E-state index >= 15 is 0 Å². The van der Waals surface area contributed by atoms with Crippen LogP contribution in [0.2, 0.25) is 0 Å². The number of nitrogens with one attached hydrogen (secondary N) is 1. The van der Waals surface area contributed by atoms with Crippen molar-refractivity contribution in [2.45, 2.75) is 59.4 Å². The summed E-state index contributed by atoms with van der Waals surface area (Å²) < 4.78 is 3.26. The van der Waals surface area contributed by atoms with Crippen molar-refractivity contribution < 1.29 is 4.79 Å². The van der Waals surface area contributed by atoms with E-state index in [4.69, 9.17) is 5.10 Å². The molecule has 0 fully saturated rings. The maximum Gasteiger partial charge on any atom is 0.267 e. The highest BCUT2D eigenvalue weighted by Gasteiger charge is 2.27. The van der Waals surface area contributed by atoms with E-state index in [0.717, 1.165) is 5.69 Å². The van der Waals surface area contributed by atoms with Gasteiger partial charge >= 0.3 is 0 Å². The maximum atomic E-state index is 13.1. The number of amides is 1. The molecule has 0 aliphatic heterocycles. The van der Waals surface area contributed by atoms with Crippen molar-refractivity contribution in [1.82, 2.24) is 19.3 Å². The van der Waals surface area contributed by atoms with Crippen molar-refractivity contribution in [3.8, 4) is 0 Å². The molecular formula is C20H27N5O2S. The molecule has 8 heteroatoms. The first-order valence-electron chi connectivity index (χ1n) is 9.18. The Balaban J connectivity index is 2.06. The molecule has 1 N–H and O–H groups in total. The lowest BCUT2D eigenvalue weighted by Crippen LogP contribution is -2.27. The van der Waals surface area contributed by atoms with E-state index in [1.165, 1.54) is 22.2 Å². The molecule has 3 aromatic rings. The molecule has 0 bridgehead atoms. The van der Waals surface area contributed by atoms with Gasteiger partial charge < -0.3 is 9.88 Å². The number of nitrogens with zero attached hydrogens (tertiary/aromatic N) is 4. The summed E-state index contributed by atoms with van der Waals surface area (Å²) in [6.45, 7) is 14.2. The summed E-state index contributed by atoms with van der Waals surface area (Å²) in [5.74, 6) is 0.383. The zero-order valence-electron chi connectivity index (χ0n) is 17.7. The zero-order valence-corrected chi connectivity index (χ0v) is 18.5. The Morgan fingerprint density at radius 1 is 1.18 bits per heavy atom. The van der Waals surface area contributed by atoms with E-state index in [1.807, 2.05) is 31.5 Å². The second-order valence-electron chi connectivity index (χ2n) is 9.10. The lowest BCUT2D eigenvalue weighted by Gasteiger charge is -2.23. The summed E-state index contributed by atoms with van der Waals surface area (Å²) in [7, 11) is 1.65. The van der Waals surface area contributed by atoms with Gasteiger partial charge in [0.25, 0.3) is 11.5 Å². The fourth-order valence-electron chi connectivity index (χ4n) is 2.95. The van der Waals surface area contributed by atoms with Crippen molar-refractivity contribution >= 4 is 33.3 Å². The van der Waals surface area contributed by atoms with Gasteiger partial charge in [0.05, 0.1) is 27.8 Å². The molecule has 0 saturated heterocycles. The predicted molar refractivity (Wildman–Crippen MR) is 113 cm³/mol. The molecule has 0 aromatic carbocycles. The Bertz CT molecular complexity index is 1120. The topological polar surface area (TPSA) is 81.8 Å². The van der Waals surface area contributed by atoms with Gasteiger partial charge in [-0.25, -0.2) is 9.67 Å². The Labute approximate surface area is 168 Å². The summed E-state index contributed by atoms with van der Waals surface area (Å²) in [6, 6.07) is 1.92. The Morgan fingerprint density at radius 3 is 2.39 bits per heavy atom. The Kier molecular flexibility index (Phi) is 4.74. The molecule has 0 atom stereocenters. The molecule has 3 aromatic heterocycles. The lowest BCUT2D eigenvalue weighted by molar-refractivity contribution is 0.102. The monoisotopic (exact) mass is 401 g/mol. The van der Waals surface area contributed by atoms with Crippen LogP contribution in [0.1, 0.15) is 62.5 Å². The third kappa shape index (κ3) is 3.48. The van der Waals surface area contributed by atoms with Crippen molar-refractivity contribution in [3.05, 3.63) is 38.9 Å². The number of aryl methyl sites for hydroxylation is 2. The summed E-state index contributed by atoms with van der Waals surface area (Å²) in [5.41, 5.74) is 0.983. The predicted octanol–water partition coefficient (Wildman–Crippen LogP) is 3.80. The summed E-state index contributed by atoms with van der Waals surface area (Å²) in [6.07, 6.45) is 1.48. The SMILES string of the molecule is Cc1c(C(=O)Nc2cc(C(C)(C)C)nn2C(C)(C)C)sc2ncn(C)c(=O)c12. The average Bonchev–Trinajstić information content (AvgIpc) is 3.12. The second kappa shape index (κ2) is 6.55. The maximum absolute atomic E-state index is 13.1. The van der Waals surface area contributed by atoms with Gasteiger partial charge in [-0.1, -0.05) is 20.8 Å². The van der Waals surface area contributed by atoms with Gasteiger partial charge in [0.1, 0.15) is 10.6 Å². The van der Waals surface area contributed by atoms with Crippen LogP contribution in [0.15, 0.2) is 17.2 Å². The van der Waals surface area contributed by atoms with Crippen LogP contribution in [0.25, 0.3) is 10.2 Å². The molecule has 3 heterocycles. The number of aromatic nitrogens is 4. The Morgan fingerprint density at radius 2 is 1.82 bits per heavy atom. The molecule has 3 rings (SSSR count). The van der Waals surface area contributed by atoms with Gasteiger partial charge in [-0.3, -0.25) is 9.59 Å². The van der Waals surface area contributed by atoms with Crippen LogP contribution < -0.4 is 10.9 Å². The number of anilines is 1. The molecule has 7 nitrogen and oxygen atoms in total. The molecule has 1 amide bonds. The minimum Gasteiger partial charge on any atom is -0.306 e. The molecule has 150 valence electrons. The summed E-state index contributed by atoms with van der Waals surface area (Å²) in [4.78, 5) is 30.8. The largest absolute Gasteiger partial charge is 0.306 e. The first-order valence-corrected chi connectivity index (χ1v) is 9.99. The zero-order chi connectivity index (χ0) is 21.0. The molecule has 0 unspecified atom stereocenters. The minimum atomic E-state index is -0.293. The third-order valence-electron chi connectivity index (χ3n) is 4.57. The number of carbonyl (C=O) groups excluding carboxylic acids is 1. The van der Waals surface area contributed by atoms with Gasteiger partial charge in [-0.15, -0.1) is 11.3 Å². The minimum absolute atomic E-state index is 0.139. The standard InChI is InChI=1S/C20H27N5O2S/c1-11-14-17(21-10-24(8)18(14)27)28-15(11)16(26)22-13-9-12(19(2,3)4)23-25(13)20(5,6)7/h9-10H,1-8H3,(H,22,26). The van der Waals surface area contributed by atoms with E-state index < -0.39 is 0 Å². The van der Waals surface area contributed by atoms with E-state index in [2.05, 4.69) is 31.1 Å². The van der Waals surface area contributed by atoms with Crippen molar-refractivity contribution in [1.29, 1.82) is 0 Å². The molecule has 0 spiro atoms. The molecule has 0 aliphatic carbocycles. The summed E-state index contributed by atoms with van der Waals surface area (Å²) in [5, 5.41) is 8.23. The Hall–Kier alpha value is -2.48. The van der Waals surface area contributed by atoms with Gasteiger partial charge in [0, 0.05) is 18.5 Å². The van der Waals surface area contributed by atoms with Crippen molar-refractivity contribution in [2.24, 2.45) is 7.05 Å². The van der Waals surface area contributed by atoms with Crippen LogP contribution in [0.4, 0.5) is 5.82 Å². The molecule has 0 saturated carbocycles. The van der Waals surface area contributed by atoms with Crippen molar-refractivity contribution in [2.75, 3.05) is 5.32 Å². The number of carbonyl (C=O) groups is 1. The van der Waals surface area contributed by atoms with Gasteiger partial charge in [0.15, 0.2) is 0 Å². The van der Waals surface area contributed by atoms with E-state index in [-0.39, 0.29) is 22.4 Å². The van der Waals surface area contributed by atoms with Crippen LogP contribution in [0, 0.1) is 6.92 Å². The quantitative estimate of drug-likeness (QED) is 0.708. The van der Waals surface area contributed by atoms with Gasteiger partial charge in [-0.05, 0) is 33.3 Å². The lowest BCUT2D eigenvalue weighted by atomic mass is 9.92. The normalized spacial score (nSPS) is 12.6. The number of rotatable bonds is 2. The van der Waals surface area contributed by atoms with Crippen LogP contribution in [0.3, 0.4) is 0 Å². The van der Waals surface area contributed by atoms with Gasteiger partial charge in [-0.2, -0.15) is 5.10 Å². The molecule has 28 heavy (non-hydrogen) atoms. The van der Waals surface area contributed by atoms with E-state index in [1.54, 1.807) is 14.0 Å². The van der Waals surface area contributed by atoms with Crippen LogP contribution in [-0.4, -0.2) is 25.2 Å². The fourth-order valence-corrected chi connectivity index (χ4v) is 3.98. The number of hydrogen-bond acceptors (Lipinski definition) is 5. The van der Waals surface area contributed by atoms with Crippen LogP contribution in [0.5, 0.6) is 0 Å². The van der Waals surface area contributed by atoms with Crippen LogP contribution in [-0.2, 0) is 18.0 Å². The molecular weight excluding hydrogens is 374 g/mol. The highest BCUT2D eigenvalue weighted by Crippen LogP contribution is 2.31. The van der Waals surface area contributed by atoms with Crippen molar-refractivity contribution in [3.63, 3.8) is 0 Å². The first kappa shape index (κ1) is 20.3. The molecule has 0 radical (unpaired) electrons. The highest BCUT2D eigenvalue weighted by molar-refractivity contribution is 7.20. The first-order chi connectivity index (χ1) is 12.8.